The largest absolute Gasteiger partial charge is 0.458 e. The fourth-order valence-electron chi connectivity index (χ4n) is 3.93. The van der Waals surface area contributed by atoms with Gasteiger partial charge in [0.05, 0.1) is 6.61 Å². The van der Waals surface area contributed by atoms with Crippen molar-refractivity contribution in [2.45, 2.75) is 69.4 Å². The average molecular weight is 424 g/mol. The molecule has 3 rings (SSSR count). The minimum absolute atomic E-state index is 0.256. The first-order valence-electron chi connectivity index (χ1n) is 9.98. The van der Waals surface area contributed by atoms with Gasteiger partial charge in [-0.3, -0.25) is 0 Å². The normalized spacial score (nSPS) is 37.6. The van der Waals surface area contributed by atoms with E-state index >= 15 is 0 Å². The molecule has 9 heteroatoms. The lowest BCUT2D eigenvalue weighted by molar-refractivity contribution is -0.291. The van der Waals surface area contributed by atoms with Gasteiger partial charge in [0.2, 0.25) is 6.29 Å². The molecular formula is C21H28O9. The van der Waals surface area contributed by atoms with E-state index in [0.717, 1.165) is 5.57 Å². The number of rotatable bonds is 3. The van der Waals surface area contributed by atoms with Gasteiger partial charge in [-0.2, -0.15) is 0 Å². The Labute approximate surface area is 174 Å². The van der Waals surface area contributed by atoms with Gasteiger partial charge < -0.3 is 34.6 Å². The number of allylic oxidation sites excluding steroid dienone is 2. The zero-order valence-corrected chi connectivity index (χ0v) is 16.8. The van der Waals surface area contributed by atoms with Crippen molar-refractivity contribution in [3.63, 3.8) is 0 Å². The van der Waals surface area contributed by atoms with Gasteiger partial charge in [-0.15, -0.1) is 0 Å². The third kappa shape index (κ3) is 4.65. The van der Waals surface area contributed by atoms with Crippen LogP contribution in [0.4, 0.5) is 0 Å². The molecule has 0 bridgehead atoms. The molecule has 30 heavy (non-hydrogen) atoms. The lowest BCUT2D eigenvalue weighted by Crippen LogP contribution is -2.59. The van der Waals surface area contributed by atoms with Gasteiger partial charge >= 0.3 is 11.9 Å². The highest BCUT2D eigenvalue weighted by atomic mass is 16.7. The van der Waals surface area contributed by atoms with E-state index in [-0.39, 0.29) is 12.0 Å². The first-order chi connectivity index (χ1) is 14.2. The number of aliphatic hydroxyl groups excluding tert-OH is 4. The maximum atomic E-state index is 12.7. The summed E-state index contributed by atoms with van der Waals surface area (Å²) in [7, 11) is 0. The minimum atomic E-state index is -1.67. The van der Waals surface area contributed by atoms with Crippen LogP contribution in [0, 0.1) is 5.92 Å². The molecule has 0 aromatic rings. The van der Waals surface area contributed by atoms with Crippen molar-refractivity contribution in [3.05, 3.63) is 35.5 Å². The van der Waals surface area contributed by atoms with Gasteiger partial charge in [-0.25, -0.2) is 9.59 Å². The molecule has 9 nitrogen and oxygen atoms in total. The fourth-order valence-corrected chi connectivity index (χ4v) is 3.93. The Morgan fingerprint density at radius 3 is 2.67 bits per heavy atom. The number of hydrogen-bond acceptors (Lipinski definition) is 9. The van der Waals surface area contributed by atoms with Gasteiger partial charge in [0.1, 0.15) is 30.5 Å². The highest BCUT2D eigenvalue weighted by Gasteiger charge is 2.45. The Kier molecular flexibility index (Phi) is 7.10. The second kappa shape index (κ2) is 9.40. The lowest BCUT2D eigenvalue weighted by Gasteiger charge is -2.39. The molecule has 2 heterocycles. The summed E-state index contributed by atoms with van der Waals surface area (Å²) in [6, 6.07) is 0. The molecule has 2 fully saturated rings. The van der Waals surface area contributed by atoms with Crippen LogP contribution in [0.15, 0.2) is 35.5 Å². The van der Waals surface area contributed by atoms with Crippen molar-refractivity contribution < 1.29 is 44.2 Å². The van der Waals surface area contributed by atoms with Crippen LogP contribution in [-0.2, 0) is 23.8 Å². The van der Waals surface area contributed by atoms with E-state index in [4.69, 9.17) is 14.2 Å². The van der Waals surface area contributed by atoms with E-state index in [0.29, 0.717) is 36.8 Å². The van der Waals surface area contributed by atoms with Crippen LogP contribution in [-0.4, -0.2) is 75.8 Å². The number of ether oxygens (including phenoxy) is 3. The zero-order valence-electron chi connectivity index (χ0n) is 16.8. The Hall–Kier alpha value is -2.04. The summed E-state index contributed by atoms with van der Waals surface area (Å²) in [4.78, 5) is 24.7. The smallest absolute Gasteiger partial charge is 0.336 e. The number of aliphatic hydroxyl groups is 4. The maximum Gasteiger partial charge on any atom is 0.336 e. The molecule has 4 N–H and O–H groups in total. The average Bonchev–Trinajstić information content (AvgIpc) is 2.97. The molecule has 0 amide bonds. The summed E-state index contributed by atoms with van der Waals surface area (Å²) in [5, 5.41) is 39.1. The molecule has 3 aliphatic rings. The summed E-state index contributed by atoms with van der Waals surface area (Å²) in [6.45, 7) is 5.12. The Balaban J connectivity index is 1.75. The Morgan fingerprint density at radius 1 is 1.23 bits per heavy atom. The van der Waals surface area contributed by atoms with E-state index < -0.39 is 49.3 Å². The summed E-state index contributed by atoms with van der Waals surface area (Å²) in [6.07, 6.45) is -2.35. The zero-order chi connectivity index (χ0) is 22.0. The van der Waals surface area contributed by atoms with Crippen molar-refractivity contribution in [1.82, 2.24) is 0 Å². The highest BCUT2D eigenvalue weighted by Crippen LogP contribution is 2.35. The monoisotopic (exact) mass is 424 g/mol. The minimum Gasteiger partial charge on any atom is -0.458 e. The molecule has 0 aromatic heterocycles. The number of carbonyl (C=O) groups is 2. The Morgan fingerprint density at radius 2 is 1.97 bits per heavy atom. The number of fused-ring (bicyclic) bond motifs is 1. The van der Waals surface area contributed by atoms with Crippen LogP contribution in [0.1, 0.15) is 32.6 Å². The van der Waals surface area contributed by atoms with Gasteiger partial charge in [-0.1, -0.05) is 24.3 Å². The highest BCUT2D eigenvalue weighted by molar-refractivity contribution is 5.91. The van der Waals surface area contributed by atoms with Gasteiger partial charge in [0, 0.05) is 23.5 Å². The van der Waals surface area contributed by atoms with Crippen LogP contribution >= 0.6 is 0 Å². The molecule has 7 unspecified atom stereocenters. The lowest BCUT2D eigenvalue weighted by atomic mass is 9.88. The Bertz CT molecular complexity index is 754. The van der Waals surface area contributed by atoms with Crippen LogP contribution in [0.25, 0.3) is 0 Å². The summed E-state index contributed by atoms with van der Waals surface area (Å²) >= 11 is 0. The summed E-state index contributed by atoms with van der Waals surface area (Å²) < 4.78 is 15.9. The van der Waals surface area contributed by atoms with Gasteiger partial charge in [0.25, 0.3) is 0 Å². The number of hydrogen-bond donors (Lipinski definition) is 4. The van der Waals surface area contributed by atoms with E-state index in [1.165, 1.54) is 0 Å². The van der Waals surface area contributed by atoms with Crippen LogP contribution in [0.3, 0.4) is 0 Å². The van der Waals surface area contributed by atoms with Gasteiger partial charge in [-0.05, 0) is 26.2 Å². The van der Waals surface area contributed by atoms with Crippen LogP contribution in [0.2, 0.25) is 0 Å². The second-order valence-electron chi connectivity index (χ2n) is 7.94. The third-order valence-electron chi connectivity index (χ3n) is 5.80. The fraction of sp³-hybridized carbons (Fsp3) is 0.619. The van der Waals surface area contributed by atoms with Gasteiger partial charge in [0.15, 0.2) is 0 Å². The van der Waals surface area contributed by atoms with E-state index in [9.17, 15) is 30.0 Å². The molecule has 0 spiro atoms. The van der Waals surface area contributed by atoms with E-state index in [1.54, 1.807) is 6.08 Å². The summed E-state index contributed by atoms with van der Waals surface area (Å²) in [5.74, 6) is -1.44. The molecule has 1 aliphatic carbocycles. The molecule has 0 aromatic carbocycles. The number of carbonyl (C=O) groups excluding carboxylic acids is 2. The van der Waals surface area contributed by atoms with Crippen molar-refractivity contribution in [2.75, 3.05) is 6.61 Å². The molecule has 0 saturated carbocycles. The molecule has 2 saturated heterocycles. The molecule has 166 valence electrons. The van der Waals surface area contributed by atoms with E-state index in [2.05, 4.69) is 6.58 Å². The molecule has 7 atom stereocenters. The van der Waals surface area contributed by atoms with Crippen molar-refractivity contribution in [1.29, 1.82) is 0 Å². The summed E-state index contributed by atoms with van der Waals surface area (Å²) in [5.41, 5.74) is 1.73. The topological polar surface area (TPSA) is 143 Å². The van der Waals surface area contributed by atoms with E-state index in [1.807, 2.05) is 13.0 Å². The predicted octanol–water partition coefficient (Wildman–Crippen LogP) is -0.126. The van der Waals surface area contributed by atoms with Crippen LogP contribution in [0.5, 0.6) is 0 Å². The standard InChI is InChI=1S/C21H28O9/c1-10-4-3-5-12(6-7-13-11(2)19(26)28-14(13)8-10)20(27)30-21-18(25)17(24)16(23)15(9-22)29-21/h4,6,13-18,21-25H,2-3,5,7-9H2,1H3. The molecular weight excluding hydrogens is 396 g/mol. The molecule has 0 radical (unpaired) electrons. The quantitative estimate of drug-likeness (QED) is 0.277. The van der Waals surface area contributed by atoms with Crippen molar-refractivity contribution in [3.8, 4) is 0 Å². The first-order valence-corrected chi connectivity index (χ1v) is 9.98. The number of esters is 2. The molecule has 2 aliphatic heterocycles. The van der Waals surface area contributed by atoms with Crippen LogP contribution < -0.4 is 0 Å². The van der Waals surface area contributed by atoms with Crippen molar-refractivity contribution in [2.24, 2.45) is 5.92 Å². The third-order valence-corrected chi connectivity index (χ3v) is 5.80. The predicted molar refractivity (Wildman–Crippen MR) is 103 cm³/mol. The first kappa shape index (κ1) is 22.6. The van der Waals surface area contributed by atoms with Crippen molar-refractivity contribution >= 4 is 11.9 Å². The maximum absolute atomic E-state index is 12.7. The second-order valence-corrected chi connectivity index (χ2v) is 7.94. The SMILES string of the molecule is C=C1C(=O)OC2CC(C)=CCCC(C(=O)OC3OC(CO)C(O)C(O)C3O)=CCC12.